The van der Waals surface area contributed by atoms with Gasteiger partial charge in [0.15, 0.2) is 5.11 Å². The molecule has 5 nitrogen and oxygen atoms in total. The van der Waals surface area contributed by atoms with Crippen LogP contribution in [0.3, 0.4) is 0 Å². The molecule has 0 aliphatic carbocycles. The van der Waals surface area contributed by atoms with Gasteiger partial charge in [0.2, 0.25) is 0 Å². The van der Waals surface area contributed by atoms with E-state index in [-0.39, 0.29) is 12.1 Å². The minimum Gasteiger partial charge on any atom is -0.370 e. The van der Waals surface area contributed by atoms with Gasteiger partial charge in [-0.05, 0) is 105 Å². The number of aromatic nitrogens is 2. The Morgan fingerprint density at radius 1 is 0.925 bits per heavy atom. The number of benzene rings is 2. The fourth-order valence-corrected chi connectivity index (χ4v) is 7.02. The van der Waals surface area contributed by atoms with E-state index in [9.17, 15) is 0 Å². The predicted molar refractivity (Wildman–Crippen MR) is 170 cm³/mol. The third-order valence-electron chi connectivity index (χ3n) is 8.29. The molecule has 2 aliphatic rings. The van der Waals surface area contributed by atoms with Crippen LogP contribution in [0.5, 0.6) is 0 Å². The van der Waals surface area contributed by atoms with Crippen molar-refractivity contribution in [3.63, 3.8) is 0 Å². The van der Waals surface area contributed by atoms with Crippen molar-refractivity contribution in [3.05, 3.63) is 106 Å². The Kier molecular flexibility index (Phi) is 7.51. The highest BCUT2D eigenvalue weighted by molar-refractivity contribution is 7.80. The van der Waals surface area contributed by atoms with Gasteiger partial charge in [0.25, 0.3) is 0 Å². The molecular weight excluding hydrogens is 557 g/mol. The Labute approximate surface area is 251 Å². The zero-order chi connectivity index (χ0) is 28.0. The Morgan fingerprint density at radius 3 is 2.42 bits per heavy atom. The summed E-state index contributed by atoms with van der Waals surface area (Å²) in [4.78, 5) is 9.32. The van der Waals surface area contributed by atoms with Crippen molar-refractivity contribution in [2.45, 2.75) is 45.7 Å². The third-order valence-corrected chi connectivity index (χ3v) is 9.14. The number of hydrogen-bond acceptors (Lipinski definition) is 3. The summed E-state index contributed by atoms with van der Waals surface area (Å²) in [6, 6.07) is 22.3. The van der Waals surface area contributed by atoms with Gasteiger partial charge < -0.3 is 19.7 Å². The molecular formula is C32H33Cl2N5S. The van der Waals surface area contributed by atoms with E-state index in [1.165, 1.54) is 18.4 Å². The molecule has 0 bridgehead atoms. The molecule has 6 rings (SSSR count). The number of aryl methyl sites for hydroxylation is 1. The van der Waals surface area contributed by atoms with Gasteiger partial charge in [0.05, 0.1) is 28.5 Å². The number of anilines is 2. The van der Waals surface area contributed by atoms with Crippen LogP contribution in [0.25, 0.3) is 5.69 Å². The molecule has 2 saturated heterocycles. The first-order valence-electron chi connectivity index (χ1n) is 13.8. The molecule has 2 aliphatic heterocycles. The minimum absolute atomic E-state index is 0.126. The molecule has 206 valence electrons. The van der Waals surface area contributed by atoms with Crippen LogP contribution in [0, 0.1) is 19.8 Å². The van der Waals surface area contributed by atoms with E-state index in [2.05, 4.69) is 76.9 Å². The Morgan fingerprint density at radius 2 is 1.73 bits per heavy atom. The van der Waals surface area contributed by atoms with Crippen LogP contribution in [0.15, 0.2) is 72.9 Å². The molecule has 2 aromatic carbocycles. The standard InChI is InChI=1S/C32H33Cl2N5S/c1-20-12-15-37(16-13-20)29-11-10-25(19-27(29)34)39-31(30(36-32(39)40)28-9-4-5-14-35-28)26-17-21(2)38(22(26)3)24-8-6-7-23(33)18-24/h4-11,14,17-20,30-31H,12-13,15-16H2,1-3H3,(H,36,40)/t30-,31+/m0/s1. The first kappa shape index (κ1) is 27.1. The van der Waals surface area contributed by atoms with Gasteiger partial charge in [-0.1, -0.05) is 42.3 Å². The zero-order valence-electron chi connectivity index (χ0n) is 22.9. The average Bonchev–Trinajstić information content (AvgIpc) is 3.44. The van der Waals surface area contributed by atoms with E-state index in [1.54, 1.807) is 0 Å². The van der Waals surface area contributed by atoms with E-state index in [0.29, 0.717) is 10.1 Å². The molecule has 0 spiro atoms. The molecule has 1 N–H and O–H groups in total. The first-order valence-corrected chi connectivity index (χ1v) is 15.0. The lowest BCUT2D eigenvalue weighted by atomic mass is 9.96. The SMILES string of the molecule is Cc1cc([C@@H]2[C@H](c3ccccn3)NC(=S)N2c2ccc(N3CCC(C)CC3)c(Cl)c2)c(C)n1-c1cccc(Cl)c1. The summed E-state index contributed by atoms with van der Waals surface area (Å²) in [5, 5.41) is 5.70. The van der Waals surface area contributed by atoms with Crippen molar-refractivity contribution in [2.75, 3.05) is 22.9 Å². The summed E-state index contributed by atoms with van der Waals surface area (Å²) >= 11 is 19.3. The van der Waals surface area contributed by atoms with E-state index in [0.717, 1.165) is 58.2 Å². The monoisotopic (exact) mass is 589 g/mol. The summed E-state index contributed by atoms with van der Waals surface area (Å²) in [7, 11) is 0. The first-order chi connectivity index (χ1) is 19.3. The molecule has 8 heteroatoms. The topological polar surface area (TPSA) is 36.3 Å². The van der Waals surface area contributed by atoms with Crippen molar-refractivity contribution >= 4 is 51.9 Å². The van der Waals surface area contributed by atoms with Crippen molar-refractivity contribution < 1.29 is 0 Å². The second-order valence-electron chi connectivity index (χ2n) is 10.9. The Balaban J connectivity index is 1.44. The fourth-order valence-electron chi connectivity index (χ4n) is 6.20. The maximum atomic E-state index is 6.97. The summed E-state index contributed by atoms with van der Waals surface area (Å²) in [6.07, 6.45) is 4.21. The van der Waals surface area contributed by atoms with E-state index >= 15 is 0 Å². The highest BCUT2D eigenvalue weighted by Gasteiger charge is 2.42. The third kappa shape index (κ3) is 4.98. The number of nitrogens with one attached hydrogen (secondary N) is 1. The normalized spacial score (nSPS) is 19.8. The lowest BCUT2D eigenvalue weighted by Crippen LogP contribution is -2.33. The van der Waals surface area contributed by atoms with Crippen LogP contribution in [0.2, 0.25) is 10.0 Å². The molecule has 0 saturated carbocycles. The lowest BCUT2D eigenvalue weighted by molar-refractivity contribution is 0.438. The summed E-state index contributed by atoms with van der Waals surface area (Å²) < 4.78 is 2.25. The van der Waals surface area contributed by atoms with Gasteiger partial charge in [-0.25, -0.2) is 0 Å². The number of piperidine rings is 1. The number of rotatable bonds is 5. The summed E-state index contributed by atoms with van der Waals surface area (Å²) in [6.45, 7) is 8.67. The van der Waals surface area contributed by atoms with E-state index < -0.39 is 0 Å². The number of hydrogen-bond donors (Lipinski definition) is 1. The molecule has 0 amide bonds. The highest BCUT2D eigenvalue weighted by Crippen LogP contribution is 2.45. The Hall–Kier alpha value is -3.06. The molecule has 0 radical (unpaired) electrons. The van der Waals surface area contributed by atoms with Gasteiger partial charge in [0.1, 0.15) is 0 Å². The molecule has 40 heavy (non-hydrogen) atoms. The van der Waals surface area contributed by atoms with Crippen LogP contribution in [0.4, 0.5) is 11.4 Å². The van der Waals surface area contributed by atoms with E-state index in [4.69, 9.17) is 40.4 Å². The maximum Gasteiger partial charge on any atom is 0.174 e. The second kappa shape index (κ2) is 11.1. The average molecular weight is 591 g/mol. The number of thiocarbonyl (C=S) groups is 1. The molecule has 2 atom stereocenters. The summed E-state index contributed by atoms with van der Waals surface area (Å²) in [5.74, 6) is 0.762. The number of pyridine rings is 1. The van der Waals surface area contributed by atoms with E-state index in [1.807, 2.05) is 36.5 Å². The molecule has 2 aromatic heterocycles. The van der Waals surface area contributed by atoms with Crippen molar-refractivity contribution in [3.8, 4) is 5.69 Å². The summed E-state index contributed by atoms with van der Waals surface area (Å²) in [5.41, 5.74) is 7.46. The van der Waals surface area contributed by atoms with Crippen molar-refractivity contribution in [1.29, 1.82) is 0 Å². The van der Waals surface area contributed by atoms with Crippen LogP contribution >= 0.6 is 35.4 Å². The van der Waals surface area contributed by atoms with Gasteiger partial charge in [0, 0.05) is 47.1 Å². The quantitative estimate of drug-likeness (QED) is 0.237. The highest BCUT2D eigenvalue weighted by atomic mass is 35.5. The van der Waals surface area contributed by atoms with Crippen LogP contribution in [-0.4, -0.2) is 27.8 Å². The van der Waals surface area contributed by atoms with Crippen LogP contribution in [-0.2, 0) is 0 Å². The van der Waals surface area contributed by atoms with Gasteiger partial charge in [-0.15, -0.1) is 0 Å². The zero-order valence-corrected chi connectivity index (χ0v) is 25.3. The molecule has 2 fully saturated rings. The maximum absolute atomic E-state index is 6.97. The molecule has 4 aromatic rings. The minimum atomic E-state index is -0.135. The van der Waals surface area contributed by atoms with Gasteiger partial charge >= 0.3 is 0 Å². The smallest absolute Gasteiger partial charge is 0.174 e. The largest absolute Gasteiger partial charge is 0.370 e. The number of nitrogens with zero attached hydrogens (tertiary/aromatic N) is 4. The van der Waals surface area contributed by atoms with Gasteiger partial charge in [-0.2, -0.15) is 0 Å². The molecule has 0 unspecified atom stereocenters. The lowest BCUT2D eigenvalue weighted by Gasteiger charge is -2.33. The molecule has 4 heterocycles. The number of halogens is 2. The van der Waals surface area contributed by atoms with Gasteiger partial charge in [-0.3, -0.25) is 4.98 Å². The van der Waals surface area contributed by atoms with Crippen LogP contribution < -0.4 is 15.1 Å². The predicted octanol–water partition coefficient (Wildman–Crippen LogP) is 8.21. The van der Waals surface area contributed by atoms with Crippen LogP contribution in [0.1, 0.15) is 54.5 Å². The fraction of sp³-hybridized carbons (Fsp3) is 0.312. The van der Waals surface area contributed by atoms with Crippen molar-refractivity contribution in [1.82, 2.24) is 14.9 Å². The van der Waals surface area contributed by atoms with Crippen molar-refractivity contribution in [2.24, 2.45) is 5.92 Å². The second-order valence-corrected chi connectivity index (χ2v) is 12.2. The Bertz CT molecular complexity index is 1540.